The van der Waals surface area contributed by atoms with Gasteiger partial charge >= 0.3 is 17.9 Å². The Balaban J connectivity index is 4.64. The lowest BCUT2D eigenvalue weighted by atomic mass is 10.1. The Bertz CT molecular complexity index is 1720. The Morgan fingerprint density at radius 1 is 0.300 bits per heavy atom. The Hall–Kier alpha value is -5.49. The molecule has 0 aromatic rings. The topological polar surface area (TPSA) is 78.9 Å². The van der Waals surface area contributed by atoms with Crippen LogP contribution in [0.5, 0.6) is 0 Å². The van der Waals surface area contributed by atoms with Gasteiger partial charge in [0.15, 0.2) is 6.10 Å². The SMILES string of the molecule is CC\C=C/C=C\C=C/C=C\C=C\C=C/C=C\CCCCCC(=O)OCC(COC(=O)CCCCCC/C=C\C/C=C\C/C=C\CC)OC(=O)CCCCC/C=C\C/C=C\C/C=C\C/C=C\C/C=C\CC. The molecule has 0 rings (SSSR count). The maximum atomic E-state index is 12.8. The zero-order valence-corrected chi connectivity index (χ0v) is 43.9. The minimum absolute atomic E-state index is 0.129. The summed E-state index contributed by atoms with van der Waals surface area (Å²) in [5.74, 6) is -1.04. The van der Waals surface area contributed by atoms with E-state index in [2.05, 4.69) is 130 Å². The quantitative estimate of drug-likeness (QED) is 0.0199. The molecule has 0 saturated heterocycles. The van der Waals surface area contributed by atoms with Crippen LogP contribution in [0.3, 0.4) is 0 Å². The minimum atomic E-state index is -0.836. The van der Waals surface area contributed by atoms with Gasteiger partial charge < -0.3 is 14.2 Å². The fourth-order valence-electron chi connectivity index (χ4n) is 6.40. The van der Waals surface area contributed by atoms with Crippen molar-refractivity contribution in [3.63, 3.8) is 0 Å². The van der Waals surface area contributed by atoms with Gasteiger partial charge in [0, 0.05) is 19.3 Å². The summed E-state index contributed by atoms with van der Waals surface area (Å²) in [7, 11) is 0. The van der Waals surface area contributed by atoms with Crippen LogP contribution in [0, 0.1) is 0 Å². The zero-order chi connectivity index (χ0) is 50.7. The molecule has 1 atom stereocenters. The first-order valence-electron chi connectivity index (χ1n) is 26.9. The molecule has 0 amide bonds. The minimum Gasteiger partial charge on any atom is -0.462 e. The van der Waals surface area contributed by atoms with Crippen molar-refractivity contribution in [2.45, 2.75) is 187 Å². The Morgan fingerprint density at radius 2 is 0.586 bits per heavy atom. The maximum Gasteiger partial charge on any atom is 0.306 e. The van der Waals surface area contributed by atoms with Crippen molar-refractivity contribution >= 4 is 17.9 Å². The number of esters is 3. The maximum absolute atomic E-state index is 12.8. The number of hydrogen-bond donors (Lipinski definition) is 0. The molecule has 0 aromatic carbocycles. The zero-order valence-electron chi connectivity index (χ0n) is 43.9. The molecule has 0 radical (unpaired) electrons. The van der Waals surface area contributed by atoms with E-state index >= 15 is 0 Å². The number of allylic oxidation sites excluding steroid dienone is 30. The molecule has 0 fully saturated rings. The lowest BCUT2D eigenvalue weighted by Crippen LogP contribution is -2.30. The molecule has 1 unspecified atom stereocenters. The second kappa shape index (κ2) is 56.1. The van der Waals surface area contributed by atoms with Gasteiger partial charge in [0.25, 0.3) is 0 Å². The van der Waals surface area contributed by atoms with E-state index < -0.39 is 6.10 Å². The van der Waals surface area contributed by atoms with Crippen molar-refractivity contribution in [3.05, 3.63) is 182 Å². The van der Waals surface area contributed by atoms with Crippen molar-refractivity contribution in [2.75, 3.05) is 13.2 Å². The number of ether oxygens (including phenoxy) is 3. The second-order valence-corrected chi connectivity index (χ2v) is 16.8. The molecule has 0 N–H and O–H groups in total. The molecule has 0 heterocycles. The van der Waals surface area contributed by atoms with Crippen molar-refractivity contribution in [2.24, 2.45) is 0 Å². The van der Waals surface area contributed by atoms with Gasteiger partial charge in [0.2, 0.25) is 0 Å². The van der Waals surface area contributed by atoms with E-state index in [0.29, 0.717) is 19.3 Å². The van der Waals surface area contributed by atoms with E-state index in [1.165, 1.54) is 0 Å². The summed E-state index contributed by atoms with van der Waals surface area (Å²) in [6.07, 6.45) is 84.4. The average Bonchev–Trinajstić information content (AvgIpc) is 3.36. The van der Waals surface area contributed by atoms with Crippen LogP contribution < -0.4 is 0 Å². The summed E-state index contributed by atoms with van der Waals surface area (Å²) in [5.41, 5.74) is 0. The van der Waals surface area contributed by atoms with Gasteiger partial charge in [-0.2, -0.15) is 0 Å². The van der Waals surface area contributed by atoms with Gasteiger partial charge in [-0.15, -0.1) is 0 Å². The number of carbonyl (C=O) groups excluding carboxylic acids is 3. The average molecular weight is 959 g/mol. The van der Waals surface area contributed by atoms with E-state index in [-0.39, 0.29) is 44.0 Å². The predicted molar refractivity (Wildman–Crippen MR) is 301 cm³/mol. The normalized spacial score (nSPS) is 13.6. The summed E-state index contributed by atoms with van der Waals surface area (Å²) in [4.78, 5) is 38.1. The van der Waals surface area contributed by atoms with Gasteiger partial charge in [0.1, 0.15) is 13.2 Å². The third-order valence-electron chi connectivity index (χ3n) is 10.3. The molecule has 0 spiro atoms. The molecule has 6 nitrogen and oxygen atoms in total. The van der Waals surface area contributed by atoms with Gasteiger partial charge in [-0.1, -0.05) is 229 Å². The first-order valence-corrected chi connectivity index (χ1v) is 26.9. The van der Waals surface area contributed by atoms with Gasteiger partial charge in [-0.05, 0) is 116 Å². The van der Waals surface area contributed by atoms with E-state index in [1.54, 1.807) is 0 Å². The molecule has 0 aromatic heterocycles. The van der Waals surface area contributed by atoms with Crippen molar-refractivity contribution in [1.82, 2.24) is 0 Å². The summed E-state index contributed by atoms with van der Waals surface area (Å²) in [6.45, 7) is 6.14. The van der Waals surface area contributed by atoms with E-state index in [1.807, 2.05) is 72.9 Å². The van der Waals surface area contributed by atoms with Crippen LogP contribution in [0.1, 0.15) is 181 Å². The predicted octanol–water partition coefficient (Wildman–Crippen LogP) is 18.1. The highest BCUT2D eigenvalue weighted by atomic mass is 16.6. The van der Waals surface area contributed by atoms with E-state index in [9.17, 15) is 14.4 Å². The summed E-state index contributed by atoms with van der Waals surface area (Å²) in [6, 6.07) is 0. The number of unbranched alkanes of at least 4 members (excludes halogenated alkanes) is 10. The smallest absolute Gasteiger partial charge is 0.306 e. The van der Waals surface area contributed by atoms with Gasteiger partial charge in [0.05, 0.1) is 0 Å². The number of rotatable bonds is 45. The first-order chi connectivity index (χ1) is 34.5. The van der Waals surface area contributed by atoms with Crippen molar-refractivity contribution < 1.29 is 28.6 Å². The summed E-state index contributed by atoms with van der Waals surface area (Å²) >= 11 is 0. The fraction of sp³-hybridized carbons (Fsp3) is 0.484. The Kier molecular flexibility index (Phi) is 51.7. The lowest BCUT2D eigenvalue weighted by Gasteiger charge is -2.18. The van der Waals surface area contributed by atoms with Crippen LogP contribution in [-0.4, -0.2) is 37.2 Å². The molecule has 6 heteroatoms. The molecule has 0 aliphatic carbocycles. The standard InChI is InChI=1S/C64H94O6/c1-4-7-10-13-16-19-22-25-28-30-32-34-36-39-42-45-48-51-54-57-63(66)69-60-61(59-68-62(65)56-53-50-47-44-41-38-27-24-21-18-15-12-9-6-3)70-64(67)58-55-52-49-46-43-40-37-35-33-31-29-26-23-20-17-14-11-8-5-2/h7-13,16-22,25-30,32-36,38-40,42-43,61H,4-6,14-15,23-24,31,37,41,44-60H2,1-3H3/b10-7-,11-8-,12-9-,16-13-,20-17-,21-18-,22-19-,28-25-,29-26-,32-30+,35-33-,36-34-,38-27-,42-39-,43-40-. The molecule has 386 valence electrons. The lowest BCUT2D eigenvalue weighted by molar-refractivity contribution is -0.167. The van der Waals surface area contributed by atoms with Gasteiger partial charge in [-0.3, -0.25) is 14.4 Å². The number of carbonyl (C=O) groups is 3. The largest absolute Gasteiger partial charge is 0.462 e. The molecule has 0 bridgehead atoms. The van der Waals surface area contributed by atoms with Crippen LogP contribution in [-0.2, 0) is 28.6 Å². The van der Waals surface area contributed by atoms with Crippen LogP contribution >= 0.6 is 0 Å². The summed E-state index contributed by atoms with van der Waals surface area (Å²) < 4.78 is 16.7. The fourth-order valence-corrected chi connectivity index (χ4v) is 6.40. The molecule has 0 saturated carbocycles. The number of hydrogen-bond acceptors (Lipinski definition) is 6. The molecule has 70 heavy (non-hydrogen) atoms. The highest BCUT2D eigenvalue weighted by Crippen LogP contribution is 2.11. The molecular formula is C64H94O6. The Labute approximate surface area is 427 Å². The molecule has 0 aliphatic rings. The second-order valence-electron chi connectivity index (χ2n) is 16.8. The summed E-state index contributed by atoms with van der Waals surface area (Å²) in [5, 5.41) is 0. The van der Waals surface area contributed by atoms with Crippen molar-refractivity contribution in [3.8, 4) is 0 Å². The third-order valence-corrected chi connectivity index (χ3v) is 10.3. The third kappa shape index (κ3) is 53.5. The highest BCUT2D eigenvalue weighted by Gasteiger charge is 2.19. The van der Waals surface area contributed by atoms with Crippen LogP contribution in [0.4, 0.5) is 0 Å². The van der Waals surface area contributed by atoms with Crippen LogP contribution in [0.15, 0.2) is 182 Å². The van der Waals surface area contributed by atoms with E-state index in [0.717, 1.165) is 128 Å². The Morgan fingerprint density at radius 3 is 0.971 bits per heavy atom. The highest BCUT2D eigenvalue weighted by molar-refractivity contribution is 5.71. The van der Waals surface area contributed by atoms with Crippen LogP contribution in [0.2, 0.25) is 0 Å². The van der Waals surface area contributed by atoms with E-state index in [4.69, 9.17) is 14.2 Å². The molecule has 0 aliphatic heterocycles. The van der Waals surface area contributed by atoms with Gasteiger partial charge in [-0.25, -0.2) is 0 Å². The van der Waals surface area contributed by atoms with Crippen LogP contribution in [0.25, 0.3) is 0 Å². The monoisotopic (exact) mass is 959 g/mol. The molecular weight excluding hydrogens is 865 g/mol. The van der Waals surface area contributed by atoms with Crippen molar-refractivity contribution in [1.29, 1.82) is 0 Å². The first kappa shape index (κ1) is 64.5.